The first-order chi connectivity index (χ1) is 14.2. The summed E-state index contributed by atoms with van der Waals surface area (Å²) in [5.41, 5.74) is 2.40. The van der Waals surface area contributed by atoms with Crippen molar-refractivity contribution in [3.63, 3.8) is 0 Å². The van der Waals surface area contributed by atoms with E-state index in [1.165, 1.54) is 5.56 Å². The predicted octanol–water partition coefficient (Wildman–Crippen LogP) is 3.48. The summed E-state index contributed by atoms with van der Waals surface area (Å²) in [6.07, 6.45) is 7.30. The van der Waals surface area contributed by atoms with Gasteiger partial charge in [-0.15, -0.1) is 0 Å². The van der Waals surface area contributed by atoms with Crippen molar-refractivity contribution in [2.75, 3.05) is 39.9 Å². The molecule has 2 fully saturated rings. The number of nitrogens with one attached hydrogen (secondary N) is 1. The zero-order valence-electron chi connectivity index (χ0n) is 18.0. The summed E-state index contributed by atoms with van der Waals surface area (Å²) in [6, 6.07) is 6.79. The van der Waals surface area contributed by atoms with Crippen LogP contribution in [0, 0.1) is 0 Å². The Kier molecular flexibility index (Phi) is 6.23. The average Bonchev–Trinajstić information content (AvgIpc) is 3.40. The first-order valence-electron chi connectivity index (χ1n) is 10.9. The van der Waals surface area contributed by atoms with E-state index in [2.05, 4.69) is 53.0 Å². The number of methoxy groups -OCH3 is 1. The van der Waals surface area contributed by atoms with Crippen LogP contribution >= 0.6 is 0 Å². The van der Waals surface area contributed by atoms with Gasteiger partial charge in [-0.2, -0.15) is 0 Å². The van der Waals surface area contributed by atoms with E-state index in [0.29, 0.717) is 6.04 Å². The zero-order chi connectivity index (χ0) is 20.3. The van der Waals surface area contributed by atoms with E-state index in [1.54, 1.807) is 7.11 Å². The molecule has 2 aromatic rings. The van der Waals surface area contributed by atoms with Crippen molar-refractivity contribution >= 4 is 0 Å². The van der Waals surface area contributed by atoms with Crippen LogP contribution in [0.15, 0.2) is 30.6 Å². The van der Waals surface area contributed by atoms with E-state index >= 15 is 0 Å². The molecule has 1 atom stereocenters. The molecule has 3 heterocycles. The van der Waals surface area contributed by atoms with Gasteiger partial charge in [0, 0.05) is 30.1 Å². The summed E-state index contributed by atoms with van der Waals surface area (Å²) >= 11 is 0. The Morgan fingerprint density at radius 2 is 2.07 bits per heavy atom. The first-order valence-corrected chi connectivity index (χ1v) is 10.9. The second-order valence-electron chi connectivity index (χ2n) is 8.25. The number of aromatic nitrogens is 2. The highest BCUT2D eigenvalue weighted by molar-refractivity contribution is 5.59. The Morgan fingerprint density at radius 3 is 2.79 bits per heavy atom. The molecule has 158 valence electrons. The molecule has 6 nitrogen and oxygen atoms in total. The van der Waals surface area contributed by atoms with Gasteiger partial charge in [0.25, 0.3) is 0 Å². The van der Waals surface area contributed by atoms with Gasteiger partial charge in [0.05, 0.1) is 25.4 Å². The van der Waals surface area contributed by atoms with Crippen molar-refractivity contribution in [1.82, 2.24) is 19.8 Å². The lowest BCUT2D eigenvalue weighted by molar-refractivity contribution is -0.0195. The fourth-order valence-corrected chi connectivity index (χ4v) is 4.79. The van der Waals surface area contributed by atoms with Crippen LogP contribution in [0.3, 0.4) is 0 Å². The van der Waals surface area contributed by atoms with Crippen molar-refractivity contribution in [1.29, 1.82) is 0 Å². The van der Waals surface area contributed by atoms with E-state index in [-0.39, 0.29) is 5.60 Å². The Bertz CT molecular complexity index is 809. The van der Waals surface area contributed by atoms with Gasteiger partial charge in [-0.1, -0.05) is 13.8 Å². The number of piperidine rings is 1. The van der Waals surface area contributed by atoms with Crippen LogP contribution in [0.2, 0.25) is 0 Å². The van der Waals surface area contributed by atoms with Gasteiger partial charge in [-0.3, -0.25) is 4.90 Å². The Labute approximate surface area is 174 Å². The topological polar surface area (TPSA) is 51.5 Å². The second kappa shape index (κ2) is 8.86. The van der Waals surface area contributed by atoms with Gasteiger partial charge in [0.15, 0.2) is 0 Å². The van der Waals surface area contributed by atoms with Crippen molar-refractivity contribution in [3.05, 3.63) is 36.2 Å². The van der Waals surface area contributed by atoms with Crippen LogP contribution in [-0.2, 0) is 11.3 Å². The summed E-state index contributed by atoms with van der Waals surface area (Å²) in [6.45, 7) is 10.2. The number of rotatable bonds is 7. The van der Waals surface area contributed by atoms with Crippen molar-refractivity contribution < 1.29 is 9.47 Å². The quantitative estimate of drug-likeness (QED) is 0.774. The summed E-state index contributed by atoms with van der Waals surface area (Å²) in [5, 5.41) is 3.45. The van der Waals surface area contributed by atoms with E-state index in [1.807, 2.05) is 6.20 Å². The molecule has 1 N–H and O–H groups in total. The summed E-state index contributed by atoms with van der Waals surface area (Å²) in [5.74, 6) is 1.96. The van der Waals surface area contributed by atoms with Crippen LogP contribution in [0.1, 0.15) is 44.7 Å². The van der Waals surface area contributed by atoms with Crippen LogP contribution in [-0.4, -0.2) is 59.9 Å². The molecule has 0 radical (unpaired) electrons. The molecule has 0 aliphatic carbocycles. The third kappa shape index (κ3) is 4.20. The predicted molar refractivity (Wildman–Crippen MR) is 115 cm³/mol. The number of hydrogen-bond donors (Lipinski definition) is 1. The maximum Gasteiger partial charge on any atom is 0.140 e. The molecule has 0 amide bonds. The summed E-state index contributed by atoms with van der Waals surface area (Å²) in [4.78, 5) is 7.12. The van der Waals surface area contributed by atoms with Gasteiger partial charge >= 0.3 is 0 Å². The molecule has 1 aromatic carbocycles. The number of imidazole rings is 1. The molecular weight excluding hydrogens is 364 g/mol. The van der Waals surface area contributed by atoms with Gasteiger partial charge < -0.3 is 19.4 Å². The summed E-state index contributed by atoms with van der Waals surface area (Å²) < 4.78 is 14.3. The lowest BCUT2D eigenvalue weighted by Crippen LogP contribution is -2.41. The standard InChI is InChI=1S/C23H34N4O2/c1-4-26(5-2)16-19-14-18(6-7-21(19)28-3)22-25-12-13-27(22)20-15-23(29-17-20)8-10-24-11-9-23/h6-7,12-14,20,24H,4-5,8-11,15-17H2,1-3H3. The smallest absolute Gasteiger partial charge is 0.140 e. The molecule has 2 aliphatic heterocycles. The molecule has 0 bridgehead atoms. The minimum atomic E-state index is 0.0469. The minimum Gasteiger partial charge on any atom is -0.496 e. The third-order valence-corrected chi connectivity index (χ3v) is 6.59. The normalized spacial score (nSPS) is 21.2. The summed E-state index contributed by atoms with van der Waals surface area (Å²) in [7, 11) is 1.75. The SMILES string of the molecule is CCN(CC)Cc1cc(-c2nccn2C2COC3(CCNCC3)C2)ccc1OC. The highest BCUT2D eigenvalue weighted by Crippen LogP contribution is 2.40. The van der Waals surface area contributed by atoms with Crippen LogP contribution in [0.25, 0.3) is 11.4 Å². The third-order valence-electron chi connectivity index (χ3n) is 6.59. The molecule has 1 spiro atoms. The number of nitrogens with zero attached hydrogens (tertiary/aromatic N) is 3. The molecule has 1 unspecified atom stereocenters. The fourth-order valence-electron chi connectivity index (χ4n) is 4.79. The average molecular weight is 399 g/mol. The first kappa shape index (κ1) is 20.4. The maximum atomic E-state index is 6.34. The van der Waals surface area contributed by atoms with E-state index in [0.717, 1.165) is 75.7 Å². The molecule has 2 aliphatic rings. The Balaban J connectivity index is 1.59. The van der Waals surface area contributed by atoms with Gasteiger partial charge in [-0.25, -0.2) is 4.98 Å². The lowest BCUT2D eigenvalue weighted by Gasteiger charge is -2.33. The highest BCUT2D eigenvalue weighted by atomic mass is 16.5. The number of hydrogen-bond acceptors (Lipinski definition) is 5. The van der Waals surface area contributed by atoms with Gasteiger partial charge in [0.2, 0.25) is 0 Å². The fraction of sp³-hybridized carbons (Fsp3) is 0.609. The van der Waals surface area contributed by atoms with E-state index in [9.17, 15) is 0 Å². The van der Waals surface area contributed by atoms with Gasteiger partial charge in [0.1, 0.15) is 11.6 Å². The molecule has 4 rings (SSSR count). The van der Waals surface area contributed by atoms with Crippen molar-refractivity contribution in [2.24, 2.45) is 0 Å². The molecule has 1 aromatic heterocycles. The van der Waals surface area contributed by atoms with Crippen LogP contribution < -0.4 is 10.1 Å². The molecule has 2 saturated heterocycles. The maximum absolute atomic E-state index is 6.34. The van der Waals surface area contributed by atoms with Crippen molar-refractivity contribution in [3.8, 4) is 17.1 Å². The van der Waals surface area contributed by atoms with E-state index < -0.39 is 0 Å². The molecule has 6 heteroatoms. The monoisotopic (exact) mass is 398 g/mol. The Morgan fingerprint density at radius 1 is 1.28 bits per heavy atom. The largest absolute Gasteiger partial charge is 0.496 e. The number of ether oxygens (including phenoxy) is 2. The molecule has 29 heavy (non-hydrogen) atoms. The lowest BCUT2D eigenvalue weighted by atomic mass is 9.88. The van der Waals surface area contributed by atoms with Gasteiger partial charge in [-0.05, 0) is 63.6 Å². The number of benzene rings is 1. The zero-order valence-corrected chi connectivity index (χ0v) is 18.0. The minimum absolute atomic E-state index is 0.0469. The molecular formula is C23H34N4O2. The Hall–Kier alpha value is -1.89. The van der Waals surface area contributed by atoms with Crippen LogP contribution in [0.5, 0.6) is 5.75 Å². The van der Waals surface area contributed by atoms with E-state index in [4.69, 9.17) is 14.5 Å². The highest BCUT2D eigenvalue weighted by Gasteiger charge is 2.42. The molecule has 0 saturated carbocycles. The van der Waals surface area contributed by atoms with Crippen molar-refractivity contribution in [2.45, 2.75) is 51.3 Å². The van der Waals surface area contributed by atoms with Crippen LogP contribution in [0.4, 0.5) is 0 Å². The second-order valence-corrected chi connectivity index (χ2v) is 8.25.